The average Bonchev–Trinajstić information content (AvgIpc) is 3.36. The van der Waals surface area contributed by atoms with Gasteiger partial charge in [-0.1, -0.05) is 30.8 Å². The molecule has 0 aliphatic carbocycles. The molecule has 1 N–H and O–H groups in total. The van der Waals surface area contributed by atoms with E-state index in [9.17, 15) is 13.2 Å². The molecule has 3 rings (SSSR count). The number of hydrogen-bond acceptors (Lipinski definition) is 9. The number of hydrogen-bond donors (Lipinski definition) is 1. The molecule has 30 heavy (non-hydrogen) atoms. The molecule has 0 radical (unpaired) electrons. The van der Waals surface area contributed by atoms with E-state index >= 15 is 0 Å². The van der Waals surface area contributed by atoms with Crippen molar-refractivity contribution in [1.29, 1.82) is 0 Å². The quantitative estimate of drug-likeness (QED) is 0.488. The Morgan fingerprint density at radius 3 is 2.47 bits per heavy atom. The molecule has 0 atom stereocenters. The van der Waals surface area contributed by atoms with Crippen molar-refractivity contribution in [3.05, 3.63) is 36.1 Å². The SMILES string of the molecule is CCN(CC)S(=O)(=O)c1ccc(-c2nnc(SCC(=O)Nc3cc(C)on3)o2)cc1. The van der Waals surface area contributed by atoms with Crippen LogP contribution in [0.3, 0.4) is 0 Å². The molecule has 0 aliphatic heterocycles. The van der Waals surface area contributed by atoms with Gasteiger partial charge in [-0.05, 0) is 31.2 Å². The summed E-state index contributed by atoms with van der Waals surface area (Å²) in [6, 6.07) is 7.84. The van der Waals surface area contributed by atoms with Crippen LogP contribution in [0, 0.1) is 6.92 Å². The first kappa shape index (κ1) is 22.0. The van der Waals surface area contributed by atoms with Crippen molar-refractivity contribution in [3.8, 4) is 11.5 Å². The number of rotatable bonds is 9. The molecule has 0 unspecified atom stereocenters. The number of carbonyl (C=O) groups is 1. The zero-order chi connectivity index (χ0) is 21.7. The van der Waals surface area contributed by atoms with Crippen molar-refractivity contribution in [2.75, 3.05) is 24.2 Å². The highest BCUT2D eigenvalue weighted by Gasteiger charge is 2.21. The maximum atomic E-state index is 12.6. The van der Waals surface area contributed by atoms with Crippen molar-refractivity contribution in [1.82, 2.24) is 19.7 Å². The van der Waals surface area contributed by atoms with Crippen LogP contribution in [0.2, 0.25) is 0 Å². The van der Waals surface area contributed by atoms with E-state index in [2.05, 4.69) is 20.7 Å². The summed E-state index contributed by atoms with van der Waals surface area (Å²) in [6.45, 7) is 6.10. The summed E-state index contributed by atoms with van der Waals surface area (Å²) in [5.41, 5.74) is 0.579. The highest BCUT2D eigenvalue weighted by atomic mass is 32.2. The summed E-state index contributed by atoms with van der Waals surface area (Å²) in [5, 5.41) is 14.4. The number of benzene rings is 1. The largest absolute Gasteiger partial charge is 0.411 e. The number of amides is 1. The van der Waals surface area contributed by atoms with Crippen molar-refractivity contribution in [2.45, 2.75) is 30.9 Å². The molecular weight excluding hydrogens is 430 g/mol. The van der Waals surface area contributed by atoms with Gasteiger partial charge in [0.15, 0.2) is 5.82 Å². The van der Waals surface area contributed by atoms with E-state index < -0.39 is 10.0 Å². The van der Waals surface area contributed by atoms with E-state index in [1.165, 1.54) is 16.4 Å². The van der Waals surface area contributed by atoms with E-state index in [1.54, 1.807) is 39.0 Å². The summed E-state index contributed by atoms with van der Waals surface area (Å²) in [7, 11) is -3.53. The Kier molecular flexibility index (Phi) is 6.90. The van der Waals surface area contributed by atoms with E-state index in [0.717, 1.165) is 11.8 Å². The zero-order valence-electron chi connectivity index (χ0n) is 16.7. The second kappa shape index (κ2) is 9.41. The van der Waals surface area contributed by atoms with Gasteiger partial charge in [0.25, 0.3) is 5.22 Å². The Morgan fingerprint density at radius 1 is 1.17 bits per heavy atom. The van der Waals surface area contributed by atoms with Gasteiger partial charge in [0, 0.05) is 24.7 Å². The number of aryl methyl sites for hydroxylation is 1. The van der Waals surface area contributed by atoms with Crippen molar-refractivity contribution < 1.29 is 22.2 Å². The van der Waals surface area contributed by atoms with Crippen LogP contribution in [0.5, 0.6) is 0 Å². The molecule has 10 nitrogen and oxygen atoms in total. The molecule has 0 saturated carbocycles. The van der Waals surface area contributed by atoms with Gasteiger partial charge in [-0.15, -0.1) is 10.2 Å². The first-order valence-corrected chi connectivity index (χ1v) is 11.6. The van der Waals surface area contributed by atoms with Gasteiger partial charge in [0.2, 0.25) is 21.8 Å². The second-order valence-electron chi connectivity index (χ2n) is 6.15. The number of sulfonamides is 1. The Morgan fingerprint density at radius 2 is 1.87 bits per heavy atom. The minimum Gasteiger partial charge on any atom is -0.411 e. The van der Waals surface area contributed by atoms with Crippen LogP contribution < -0.4 is 5.32 Å². The lowest BCUT2D eigenvalue weighted by Gasteiger charge is -2.18. The maximum Gasteiger partial charge on any atom is 0.277 e. The van der Waals surface area contributed by atoms with Crippen LogP contribution in [0.4, 0.5) is 5.82 Å². The van der Waals surface area contributed by atoms with E-state index in [4.69, 9.17) is 8.94 Å². The van der Waals surface area contributed by atoms with Crippen LogP contribution >= 0.6 is 11.8 Å². The minimum absolute atomic E-state index is 0.0502. The second-order valence-corrected chi connectivity index (χ2v) is 9.01. The van der Waals surface area contributed by atoms with Gasteiger partial charge < -0.3 is 14.3 Å². The predicted molar refractivity (Wildman–Crippen MR) is 110 cm³/mol. The Balaban J connectivity index is 1.62. The molecule has 2 heterocycles. The predicted octanol–water partition coefficient (Wildman–Crippen LogP) is 2.79. The Labute approximate surface area is 178 Å². The lowest BCUT2D eigenvalue weighted by molar-refractivity contribution is -0.113. The van der Waals surface area contributed by atoms with Gasteiger partial charge in [-0.25, -0.2) is 8.42 Å². The van der Waals surface area contributed by atoms with Crippen LogP contribution in [0.25, 0.3) is 11.5 Å². The summed E-state index contributed by atoms with van der Waals surface area (Å²) in [4.78, 5) is 12.1. The molecule has 2 aromatic heterocycles. The van der Waals surface area contributed by atoms with E-state index in [1.807, 2.05) is 0 Å². The highest BCUT2D eigenvalue weighted by Crippen LogP contribution is 2.25. The Bertz CT molecular complexity index is 1100. The fourth-order valence-corrected chi connectivity index (χ4v) is 4.62. The van der Waals surface area contributed by atoms with Crippen LogP contribution in [-0.4, -0.2) is 52.8 Å². The van der Waals surface area contributed by atoms with Gasteiger partial charge in [-0.2, -0.15) is 4.31 Å². The normalized spacial score (nSPS) is 11.7. The van der Waals surface area contributed by atoms with Gasteiger partial charge >= 0.3 is 0 Å². The molecule has 0 aliphatic rings. The van der Waals surface area contributed by atoms with Crippen molar-refractivity contribution in [2.24, 2.45) is 0 Å². The molecule has 12 heteroatoms. The van der Waals surface area contributed by atoms with Crippen molar-refractivity contribution >= 4 is 33.5 Å². The summed E-state index contributed by atoms with van der Waals surface area (Å²) >= 11 is 1.07. The van der Waals surface area contributed by atoms with E-state index in [-0.39, 0.29) is 27.7 Å². The first-order chi connectivity index (χ1) is 14.3. The van der Waals surface area contributed by atoms with Gasteiger partial charge in [0.1, 0.15) is 5.76 Å². The molecule has 0 spiro atoms. The minimum atomic E-state index is -3.53. The number of nitrogens with one attached hydrogen (secondary N) is 1. The highest BCUT2D eigenvalue weighted by molar-refractivity contribution is 7.99. The lowest BCUT2D eigenvalue weighted by Crippen LogP contribution is -2.30. The standard InChI is InChI=1S/C18H21N5O5S2/c1-4-23(5-2)30(25,26)14-8-6-13(7-9-14)17-20-21-18(27-17)29-11-16(24)19-15-10-12(3)28-22-15/h6-10H,4-5,11H2,1-3H3,(H,19,22,24). The third-order valence-electron chi connectivity index (χ3n) is 4.07. The van der Waals surface area contributed by atoms with Crippen LogP contribution in [-0.2, 0) is 14.8 Å². The molecular formula is C18H21N5O5S2. The molecule has 160 valence electrons. The number of anilines is 1. The molecule has 3 aromatic rings. The maximum absolute atomic E-state index is 12.6. The molecule has 0 bridgehead atoms. The smallest absolute Gasteiger partial charge is 0.277 e. The topological polar surface area (TPSA) is 131 Å². The summed E-state index contributed by atoms with van der Waals surface area (Å²) in [6.07, 6.45) is 0. The van der Waals surface area contributed by atoms with Gasteiger partial charge in [-0.3, -0.25) is 4.79 Å². The summed E-state index contributed by atoms with van der Waals surface area (Å²) < 4.78 is 36.9. The molecule has 1 aromatic carbocycles. The fraction of sp³-hybridized carbons (Fsp3) is 0.333. The molecule has 0 saturated heterocycles. The summed E-state index contributed by atoms with van der Waals surface area (Å²) in [5.74, 6) is 0.921. The third-order valence-corrected chi connectivity index (χ3v) is 6.96. The monoisotopic (exact) mass is 451 g/mol. The van der Waals surface area contributed by atoms with Crippen LogP contribution in [0.15, 0.2) is 49.4 Å². The fourth-order valence-electron chi connectivity index (χ4n) is 2.60. The lowest BCUT2D eigenvalue weighted by atomic mass is 10.2. The Hall–Kier alpha value is -2.70. The third kappa shape index (κ3) is 5.07. The average molecular weight is 452 g/mol. The van der Waals surface area contributed by atoms with Crippen molar-refractivity contribution in [3.63, 3.8) is 0 Å². The zero-order valence-corrected chi connectivity index (χ0v) is 18.3. The number of thioether (sulfide) groups is 1. The number of carbonyl (C=O) groups excluding carboxylic acids is 1. The van der Waals surface area contributed by atoms with Gasteiger partial charge in [0.05, 0.1) is 10.6 Å². The van der Waals surface area contributed by atoms with E-state index in [0.29, 0.717) is 30.2 Å². The first-order valence-electron chi connectivity index (χ1n) is 9.13. The van der Waals surface area contributed by atoms with Crippen LogP contribution in [0.1, 0.15) is 19.6 Å². The molecule has 0 fully saturated rings. The molecule has 1 amide bonds. The number of nitrogens with zero attached hydrogens (tertiary/aromatic N) is 4. The number of aromatic nitrogens is 3.